The highest BCUT2D eigenvalue weighted by Crippen LogP contribution is 2.36. The summed E-state index contributed by atoms with van der Waals surface area (Å²) >= 11 is -1.47. The lowest BCUT2D eigenvalue weighted by molar-refractivity contribution is 0.143. The van der Waals surface area contributed by atoms with Crippen molar-refractivity contribution in [3.63, 3.8) is 0 Å². The molecule has 0 bridgehead atoms. The monoisotopic (exact) mass is 637 g/mol. The number of rotatable bonds is 7. The van der Waals surface area contributed by atoms with Crippen molar-refractivity contribution in [2.75, 3.05) is 37.9 Å². The molecule has 1 fully saturated rings. The smallest absolute Gasteiger partial charge is 0.197 e. The quantitative estimate of drug-likeness (QED) is 0.257. The minimum atomic E-state index is -1.47. The third-order valence-electron chi connectivity index (χ3n) is 7.19. The topological polar surface area (TPSA) is 113 Å². The molecule has 4 N–H and O–H groups in total. The number of hydrogen-bond donors (Lipinski definition) is 3. The van der Waals surface area contributed by atoms with Crippen molar-refractivity contribution >= 4 is 27.9 Å². The summed E-state index contributed by atoms with van der Waals surface area (Å²) in [6, 6.07) is 11.9. The molecule has 9 nitrogen and oxygen atoms in total. The van der Waals surface area contributed by atoms with Crippen molar-refractivity contribution < 1.29 is 18.1 Å². The normalized spacial score (nSPS) is 15.5. The van der Waals surface area contributed by atoms with E-state index in [9.17, 15) is 18.1 Å². The zero-order valence-electron chi connectivity index (χ0n) is 26.6. The summed E-state index contributed by atoms with van der Waals surface area (Å²) in [5, 5.41) is 15.5. The summed E-state index contributed by atoms with van der Waals surface area (Å²) in [6.45, 7) is 10.2. The first-order valence-corrected chi connectivity index (χ1v) is 16.0. The molecule has 45 heavy (non-hydrogen) atoms. The number of likely N-dealkylation sites (N-methyl/N-ethyl adjacent to an activating group) is 1. The van der Waals surface area contributed by atoms with Crippen LogP contribution >= 0.6 is 0 Å². The van der Waals surface area contributed by atoms with E-state index < -0.39 is 34.4 Å². The van der Waals surface area contributed by atoms with E-state index >= 15 is 0 Å². The number of hydrogen-bond acceptors (Lipinski definition) is 6. The lowest BCUT2D eigenvalue weighted by atomic mass is 9.94. The standard InChI is InChI=1S/C31H35F2N7O2S.C2H6/c1-31(2,41)11-10-23-8-9-24(28(35-23)27(34)18-20-16-21(32)19-22(33)17-20)25-6-5-7-26-29(25)39(4)36-30(26)37-43(42)40-14-12-38(3)13-15-40;1-2/h5-9,16-17,19,27,41H,12-15,18,34H2,1-4H3,(H,36,37);1-2H3. The largest absolute Gasteiger partial charge is 0.378 e. The van der Waals surface area contributed by atoms with Crippen LogP contribution in [0.5, 0.6) is 0 Å². The predicted octanol–water partition coefficient (Wildman–Crippen LogP) is 4.54. The molecule has 2 atom stereocenters. The summed E-state index contributed by atoms with van der Waals surface area (Å²) in [6.07, 6.45) is 0.120. The molecule has 2 unspecified atom stereocenters. The van der Waals surface area contributed by atoms with Crippen LogP contribution in [0.25, 0.3) is 22.0 Å². The number of aryl methyl sites for hydroxylation is 1. The van der Waals surface area contributed by atoms with Crippen molar-refractivity contribution in [2.45, 2.75) is 45.8 Å². The second-order valence-corrected chi connectivity index (χ2v) is 12.5. The van der Waals surface area contributed by atoms with Gasteiger partial charge in [-0.3, -0.25) is 9.40 Å². The number of nitrogens with two attached hydrogens (primary N) is 1. The van der Waals surface area contributed by atoms with Crippen molar-refractivity contribution in [1.82, 2.24) is 24.0 Å². The molecule has 1 saturated heterocycles. The van der Waals surface area contributed by atoms with E-state index in [1.54, 1.807) is 24.6 Å². The number of aliphatic hydroxyl groups is 1. The minimum absolute atomic E-state index is 0.120. The molecule has 0 spiro atoms. The van der Waals surface area contributed by atoms with Gasteiger partial charge in [0.05, 0.1) is 17.3 Å². The van der Waals surface area contributed by atoms with Gasteiger partial charge in [0.2, 0.25) is 0 Å². The van der Waals surface area contributed by atoms with Gasteiger partial charge in [-0.1, -0.05) is 31.9 Å². The number of fused-ring (bicyclic) bond motifs is 1. The first kappa shape index (κ1) is 34.1. The van der Waals surface area contributed by atoms with E-state index in [0.717, 1.165) is 35.6 Å². The first-order chi connectivity index (χ1) is 21.4. The summed E-state index contributed by atoms with van der Waals surface area (Å²) in [5.74, 6) is 4.77. The van der Waals surface area contributed by atoms with Gasteiger partial charge >= 0.3 is 0 Å². The average Bonchev–Trinajstić information content (AvgIpc) is 3.31. The number of nitrogens with one attached hydrogen (secondary N) is 1. The van der Waals surface area contributed by atoms with Gasteiger partial charge in [-0.2, -0.15) is 5.10 Å². The second-order valence-electron chi connectivity index (χ2n) is 11.3. The zero-order valence-corrected chi connectivity index (χ0v) is 27.4. The maximum atomic E-state index is 14.0. The molecule has 240 valence electrons. The highest BCUT2D eigenvalue weighted by molar-refractivity contribution is 7.84. The molecule has 0 aliphatic carbocycles. The molecule has 3 heterocycles. The second kappa shape index (κ2) is 14.6. The minimum Gasteiger partial charge on any atom is -0.378 e. The Morgan fingerprint density at radius 1 is 1.04 bits per heavy atom. The van der Waals surface area contributed by atoms with Crippen LogP contribution in [0.4, 0.5) is 14.6 Å². The molecule has 1 aliphatic heterocycles. The molecule has 0 amide bonds. The van der Waals surface area contributed by atoms with E-state index in [4.69, 9.17) is 10.7 Å². The van der Waals surface area contributed by atoms with Gasteiger partial charge in [0, 0.05) is 55.8 Å². The van der Waals surface area contributed by atoms with Gasteiger partial charge in [-0.15, -0.1) is 0 Å². The van der Waals surface area contributed by atoms with Gasteiger partial charge in [0.1, 0.15) is 22.9 Å². The molecule has 2 aromatic heterocycles. The van der Waals surface area contributed by atoms with E-state index in [-0.39, 0.29) is 6.42 Å². The molecule has 0 radical (unpaired) electrons. The van der Waals surface area contributed by atoms with Crippen LogP contribution in [0.1, 0.15) is 50.7 Å². The van der Waals surface area contributed by atoms with Crippen molar-refractivity contribution in [3.05, 3.63) is 77.1 Å². The fourth-order valence-corrected chi connectivity index (χ4v) is 6.02. The van der Waals surface area contributed by atoms with Crippen molar-refractivity contribution in [1.29, 1.82) is 0 Å². The Kier molecular flexibility index (Phi) is 11.1. The van der Waals surface area contributed by atoms with Crippen molar-refractivity contribution in [3.8, 4) is 23.0 Å². The molecule has 12 heteroatoms. The Balaban J connectivity index is 0.00000226. The summed E-state index contributed by atoms with van der Waals surface area (Å²) in [7, 11) is 3.85. The maximum absolute atomic E-state index is 14.0. The van der Waals surface area contributed by atoms with Crippen LogP contribution in [0.15, 0.2) is 48.5 Å². The lowest BCUT2D eigenvalue weighted by Gasteiger charge is -2.30. The molecular formula is C33H41F2N7O2S. The Hall–Kier alpha value is -3.73. The van der Waals surface area contributed by atoms with Crippen molar-refractivity contribution in [2.24, 2.45) is 12.8 Å². The number of benzene rings is 2. The lowest BCUT2D eigenvalue weighted by Crippen LogP contribution is -2.46. The van der Waals surface area contributed by atoms with Crippen LogP contribution in [0, 0.1) is 23.5 Å². The molecular weight excluding hydrogens is 596 g/mol. The van der Waals surface area contributed by atoms with E-state index in [1.807, 2.05) is 56.5 Å². The Morgan fingerprint density at radius 3 is 2.36 bits per heavy atom. The van der Waals surface area contributed by atoms with E-state index in [0.29, 0.717) is 41.4 Å². The van der Waals surface area contributed by atoms with E-state index in [1.165, 1.54) is 12.1 Å². The fraction of sp³-hybridized carbons (Fsp3) is 0.394. The van der Waals surface area contributed by atoms with Crippen LogP contribution in [-0.2, 0) is 24.6 Å². The number of aromatic nitrogens is 3. The Labute approximate surface area is 266 Å². The zero-order chi connectivity index (χ0) is 32.9. The third-order valence-corrected chi connectivity index (χ3v) is 8.39. The predicted molar refractivity (Wildman–Crippen MR) is 176 cm³/mol. The highest BCUT2D eigenvalue weighted by Gasteiger charge is 2.24. The van der Waals surface area contributed by atoms with Crippen LogP contribution in [-0.4, -0.2) is 72.1 Å². The molecule has 0 saturated carbocycles. The van der Waals surface area contributed by atoms with Crippen LogP contribution in [0.2, 0.25) is 0 Å². The Morgan fingerprint density at radius 2 is 1.71 bits per heavy atom. The Bertz CT molecular complexity index is 1710. The number of pyridine rings is 1. The highest BCUT2D eigenvalue weighted by atomic mass is 32.2. The molecule has 5 rings (SSSR count). The van der Waals surface area contributed by atoms with Gasteiger partial charge in [0.25, 0.3) is 0 Å². The SMILES string of the molecule is CC.CN1CCN(S(=O)Nc2nn(C)c3c(-c4ccc(C#CC(C)(C)O)nc4C(N)Cc4cc(F)cc(F)c4)cccc23)CC1. The number of piperazine rings is 1. The molecule has 4 aromatic rings. The van der Waals surface area contributed by atoms with Crippen LogP contribution < -0.4 is 10.5 Å². The third kappa shape index (κ3) is 8.51. The summed E-state index contributed by atoms with van der Waals surface area (Å²) in [5.41, 5.74) is 8.93. The molecule has 1 aliphatic rings. The number of halogens is 2. The average molecular weight is 638 g/mol. The molecule has 2 aromatic carbocycles. The van der Waals surface area contributed by atoms with Gasteiger partial charge in [-0.25, -0.2) is 22.3 Å². The summed E-state index contributed by atoms with van der Waals surface area (Å²) < 4.78 is 47.8. The first-order valence-electron chi connectivity index (χ1n) is 14.9. The van der Waals surface area contributed by atoms with Crippen LogP contribution in [0.3, 0.4) is 0 Å². The fourth-order valence-electron chi connectivity index (χ4n) is 5.08. The summed E-state index contributed by atoms with van der Waals surface area (Å²) in [4.78, 5) is 6.94. The van der Waals surface area contributed by atoms with Gasteiger partial charge in [0.15, 0.2) is 17.0 Å². The van der Waals surface area contributed by atoms with E-state index in [2.05, 4.69) is 26.6 Å². The number of nitrogens with zero attached hydrogens (tertiary/aromatic N) is 5. The number of para-hydroxylation sites is 1. The maximum Gasteiger partial charge on any atom is 0.197 e. The van der Waals surface area contributed by atoms with Gasteiger partial charge in [-0.05, 0) is 69.1 Å². The van der Waals surface area contributed by atoms with Gasteiger partial charge < -0.3 is 15.7 Å². The number of anilines is 1.